The van der Waals surface area contributed by atoms with Crippen molar-refractivity contribution in [1.82, 2.24) is 10.3 Å². The van der Waals surface area contributed by atoms with E-state index in [1.54, 1.807) is 26.6 Å². The van der Waals surface area contributed by atoms with Gasteiger partial charge in [-0.3, -0.25) is 4.98 Å². The van der Waals surface area contributed by atoms with Crippen LogP contribution in [0.25, 0.3) is 0 Å². The molecule has 1 atom stereocenters. The summed E-state index contributed by atoms with van der Waals surface area (Å²) in [5, 5.41) is 3.10. The molecule has 1 aromatic heterocycles. The molecular weight excluding hydrogens is 262 g/mol. The largest absolute Gasteiger partial charge is 0.495 e. The Bertz CT molecular complexity index is 590. The van der Waals surface area contributed by atoms with Gasteiger partial charge in [-0.25, -0.2) is 8.78 Å². The Balaban J connectivity index is 2.23. The van der Waals surface area contributed by atoms with Gasteiger partial charge in [-0.1, -0.05) is 6.07 Å². The van der Waals surface area contributed by atoms with E-state index in [0.29, 0.717) is 17.7 Å². The number of nitrogens with zero attached hydrogens (tertiary/aromatic N) is 1. The number of hydrogen-bond donors (Lipinski definition) is 1. The van der Waals surface area contributed by atoms with Gasteiger partial charge in [-0.05, 0) is 36.7 Å². The first-order valence-electron chi connectivity index (χ1n) is 6.24. The Morgan fingerprint density at radius 1 is 1.25 bits per heavy atom. The first-order valence-corrected chi connectivity index (χ1v) is 6.24. The number of likely N-dealkylation sites (N-methyl/N-ethyl adjacent to an activating group) is 1. The summed E-state index contributed by atoms with van der Waals surface area (Å²) in [5.74, 6) is -0.473. The van der Waals surface area contributed by atoms with Crippen LogP contribution in [0.3, 0.4) is 0 Å². The summed E-state index contributed by atoms with van der Waals surface area (Å²) in [7, 11) is 3.35. The SMILES string of the molecule is CNC(Cc1ccc(F)cc1F)c1cncc(OC)c1. The number of aromatic nitrogens is 1. The second-order valence-electron chi connectivity index (χ2n) is 4.44. The molecule has 1 aromatic carbocycles. The highest BCUT2D eigenvalue weighted by molar-refractivity contribution is 5.28. The minimum absolute atomic E-state index is 0.127. The Hall–Kier alpha value is -2.01. The summed E-state index contributed by atoms with van der Waals surface area (Å²) in [6.45, 7) is 0. The van der Waals surface area contributed by atoms with Gasteiger partial charge in [0.15, 0.2) is 0 Å². The van der Waals surface area contributed by atoms with Crippen LogP contribution >= 0.6 is 0 Å². The molecule has 0 aliphatic heterocycles. The number of benzene rings is 1. The summed E-state index contributed by atoms with van der Waals surface area (Å²) in [5.41, 5.74) is 1.34. The van der Waals surface area contributed by atoms with E-state index in [1.165, 1.54) is 12.1 Å². The third-order valence-corrected chi connectivity index (χ3v) is 3.16. The third kappa shape index (κ3) is 3.30. The number of pyridine rings is 1. The molecular formula is C15H16F2N2O. The Labute approximate surface area is 116 Å². The number of ether oxygens (including phenoxy) is 1. The fourth-order valence-corrected chi connectivity index (χ4v) is 2.03. The maximum absolute atomic E-state index is 13.7. The van der Waals surface area contributed by atoms with E-state index in [0.717, 1.165) is 11.6 Å². The van der Waals surface area contributed by atoms with Gasteiger partial charge < -0.3 is 10.1 Å². The van der Waals surface area contributed by atoms with Crippen LogP contribution in [0.5, 0.6) is 5.75 Å². The highest BCUT2D eigenvalue weighted by Crippen LogP contribution is 2.22. The monoisotopic (exact) mass is 278 g/mol. The van der Waals surface area contributed by atoms with Crippen molar-refractivity contribution in [1.29, 1.82) is 0 Å². The predicted molar refractivity (Wildman–Crippen MR) is 72.7 cm³/mol. The summed E-state index contributed by atoms with van der Waals surface area (Å²) in [6, 6.07) is 5.33. The van der Waals surface area contributed by atoms with E-state index in [2.05, 4.69) is 10.3 Å². The maximum Gasteiger partial charge on any atom is 0.137 e. The molecule has 3 nitrogen and oxygen atoms in total. The van der Waals surface area contributed by atoms with Gasteiger partial charge in [0, 0.05) is 18.3 Å². The van der Waals surface area contributed by atoms with Gasteiger partial charge in [0.25, 0.3) is 0 Å². The quantitative estimate of drug-likeness (QED) is 0.913. The Morgan fingerprint density at radius 3 is 2.70 bits per heavy atom. The van der Waals surface area contributed by atoms with Crippen molar-refractivity contribution in [3.8, 4) is 5.75 Å². The van der Waals surface area contributed by atoms with Gasteiger partial charge in [0.05, 0.1) is 13.3 Å². The summed E-state index contributed by atoms with van der Waals surface area (Å²) in [6.07, 6.45) is 3.71. The van der Waals surface area contributed by atoms with Crippen LogP contribution < -0.4 is 10.1 Å². The van der Waals surface area contributed by atoms with E-state index in [-0.39, 0.29) is 6.04 Å². The van der Waals surface area contributed by atoms with E-state index in [1.807, 2.05) is 6.07 Å². The Kier molecular flexibility index (Phi) is 4.63. The lowest BCUT2D eigenvalue weighted by Gasteiger charge is -2.17. The molecule has 0 spiro atoms. The predicted octanol–water partition coefficient (Wildman–Crippen LogP) is 2.87. The minimum atomic E-state index is -0.574. The van der Waals surface area contributed by atoms with Crippen LogP contribution in [-0.2, 0) is 6.42 Å². The molecule has 0 radical (unpaired) electrons. The van der Waals surface area contributed by atoms with Crippen molar-refractivity contribution in [3.63, 3.8) is 0 Å². The van der Waals surface area contributed by atoms with Crippen molar-refractivity contribution < 1.29 is 13.5 Å². The molecule has 106 valence electrons. The molecule has 2 rings (SSSR count). The zero-order chi connectivity index (χ0) is 14.5. The minimum Gasteiger partial charge on any atom is -0.495 e. The van der Waals surface area contributed by atoms with Crippen LogP contribution in [-0.4, -0.2) is 19.1 Å². The van der Waals surface area contributed by atoms with Crippen molar-refractivity contribution in [3.05, 3.63) is 59.4 Å². The van der Waals surface area contributed by atoms with Crippen molar-refractivity contribution in [2.45, 2.75) is 12.5 Å². The van der Waals surface area contributed by atoms with Gasteiger partial charge in [0.2, 0.25) is 0 Å². The van der Waals surface area contributed by atoms with Crippen LogP contribution in [0.4, 0.5) is 8.78 Å². The maximum atomic E-state index is 13.7. The molecule has 0 saturated heterocycles. The average Bonchev–Trinajstić information content (AvgIpc) is 2.46. The molecule has 0 aliphatic rings. The van der Waals surface area contributed by atoms with Crippen LogP contribution in [0.15, 0.2) is 36.7 Å². The van der Waals surface area contributed by atoms with Crippen molar-refractivity contribution in [2.24, 2.45) is 0 Å². The third-order valence-electron chi connectivity index (χ3n) is 3.16. The lowest BCUT2D eigenvalue weighted by molar-refractivity contribution is 0.411. The summed E-state index contributed by atoms with van der Waals surface area (Å²) < 4.78 is 31.7. The molecule has 1 heterocycles. The standard InChI is InChI=1S/C15H16F2N2O/c1-18-15(11-5-13(20-2)9-19-8-11)6-10-3-4-12(16)7-14(10)17/h3-5,7-9,15,18H,6H2,1-2H3. The number of nitrogens with one attached hydrogen (secondary N) is 1. The molecule has 0 bridgehead atoms. The molecule has 5 heteroatoms. The van der Waals surface area contributed by atoms with E-state index >= 15 is 0 Å². The molecule has 1 N–H and O–H groups in total. The van der Waals surface area contributed by atoms with Crippen molar-refractivity contribution in [2.75, 3.05) is 14.2 Å². The fraction of sp³-hybridized carbons (Fsp3) is 0.267. The van der Waals surface area contributed by atoms with Gasteiger partial charge >= 0.3 is 0 Å². The second kappa shape index (κ2) is 6.43. The summed E-state index contributed by atoms with van der Waals surface area (Å²) in [4.78, 5) is 4.08. The summed E-state index contributed by atoms with van der Waals surface area (Å²) >= 11 is 0. The van der Waals surface area contributed by atoms with Gasteiger partial charge in [-0.15, -0.1) is 0 Å². The van der Waals surface area contributed by atoms with E-state index in [9.17, 15) is 8.78 Å². The molecule has 0 amide bonds. The zero-order valence-electron chi connectivity index (χ0n) is 11.4. The van der Waals surface area contributed by atoms with Crippen LogP contribution in [0.2, 0.25) is 0 Å². The normalized spacial score (nSPS) is 12.2. The molecule has 2 aromatic rings. The average molecular weight is 278 g/mol. The molecule has 0 fully saturated rings. The first kappa shape index (κ1) is 14.4. The van der Waals surface area contributed by atoms with Crippen LogP contribution in [0, 0.1) is 11.6 Å². The van der Waals surface area contributed by atoms with E-state index in [4.69, 9.17) is 4.74 Å². The lowest BCUT2D eigenvalue weighted by Crippen LogP contribution is -2.19. The lowest BCUT2D eigenvalue weighted by atomic mass is 10.00. The molecule has 1 unspecified atom stereocenters. The number of hydrogen-bond acceptors (Lipinski definition) is 3. The highest BCUT2D eigenvalue weighted by atomic mass is 19.1. The smallest absolute Gasteiger partial charge is 0.137 e. The molecule has 0 saturated carbocycles. The van der Waals surface area contributed by atoms with Crippen molar-refractivity contribution >= 4 is 0 Å². The number of halogens is 2. The van der Waals surface area contributed by atoms with Crippen LogP contribution in [0.1, 0.15) is 17.2 Å². The molecule has 20 heavy (non-hydrogen) atoms. The first-order chi connectivity index (χ1) is 9.63. The highest BCUT2D eigenvalue weighted by Gasteiger charge is 2.14. The molecule has 0 aliphatic carbocycles. The second-order valence-corrected chi connectivity index (χ2v) is 4.44. The van der Waals surface area contributed by atoms with Gasteiger partial charge in [-0.2, -0.15) is 0 Å². The topological polar surface area (TPSA) is 34.2 Å². The van der Waals surface area contributed by atoms with E-state index < -0.39 is 11.6 Å². The Morgan fingerprint density at radius 2 is 2.05 bits per heavy atom. The number of methoxy groups -OCH3 is 1. The zero-order valence-corrected chi connectivity index (χ0v) is 11.4. The van der Waals surface area contributed by atoms with Gasteiger partial charge in [0.1, 0.15) is 17.4 Å². The fourth-order valence-electron chi connectivity index (χ4n) is 2.03. The number of rotatable bonds is 5.